The maximum atomic E-state index is 14.3. The van der Waals surface area contributed by atoms with Crippen LogP contribution in [-0.2, 0) is 19.8 Å². The minimum Gasteiger partial charge on any atom is -0.340 e. The number of thiophene rings is 1. The molecule has 4 heterocycles. The molecule has 3 aliphatic rings. The van der Waals surface area contributed by atoms with Crippen molar-refractivity contribution in [2.45, 2.75) is 74.7 Å². The zero-order valence-corrected chi connectivity index (χ0v) is 25.6. The molecule has 0 spiro atoms. The third-order valence-corrected chi connectivity index (χ3v) is 11.3. The number of amides is 3. The number of fused-ring (bicyclic) bond motifs is 2. The summed E-state index contributed by atoms with van der Waals surface area (Å²) in [6.45, 7) is 1.25. The van der Waals surface area contributed by atoms with Gasteiger partial charge in [-0.05, 0) is 61.3 Å². The van der Waals surface area contributed by atoms with Gasteiger partial charge in [0.05, 0.1) is 4.88 Å². The van der Waals surface area contributed by atoms with Crippen LogP contribution in [0.1, 0.15) is 71.7 Å². The normalized spacial score (nSPS) is 24.7. The molecule has 3 saturated heterocycles. The second-order valence-corrected chi connectivity index (χ2v) is 14.7. The molecular formula is C31H34F2N3O6PS. The standard InChI is InChI=1S/C31H34F2N3O6PS/c32-31(33,43(40,41)42)22-10-13-26-21(16-22)17-27(44-26)28(37)34-24-9-5-4-8-23-11-12-25(36(23)29(24)38)30(39)35-15-14-20(18-35)19-6-2-1-3-7-19/h1-3,6-7,10,13,16-17,20,23-25H,4-5,8-9,11-12,14-15,18H2,(H,34,37)(H2,40,41,42)/t20-,23+,24+,25+/m1/s1. The van der Waals surface area contributed by atoms with Gasteiger partial charge in [-0.1, -0.05) is 49.2 Å². The van der Waals surface area contributed by atoms with Crippen LogP contribution in [0.15, 0.2) is 54.6 Å². The Morgan fingerprint density at radius 2 is 1.73 bits per heavy atom. The number of nitrogens with zero attached hydrogens (tertiary/aromatic N) is 2. The summed E-state index contributed by atoms with van der Waals surface area (Å²) in [5.41, 5.74) is -4.01. The molecule has 0 unspecified atom stereocenters. The SMILES string of the molecule is O=C(N[C@H]1CCCC[C@H]2CC[C@@H](C(=O)N3CC[C@@H](c4ccccc4)C3)N2C1=O)c1cc2cc(C(F)(F)P(=O)(O)O)ccc2s1. The lowest BCUT2D eigenvalue weighted by atomic mass is 9.98. The first-order valence-corrected chi connectivity index (χ1v) is 17.3. The summed E-state index contributed by atoms with van der Waals surface area (Å²) < 4.78 is 40.3. The molecule has 2 aromatic carbocycles. The molecule has 9 nitrogen and oxygen atoms in total. The smallest absolute Gasteiger partial charge is 0.340 e. The first-order valence-electron chi connectivity index (χ1n) is 14.9. The average molecular weight is 646 g/mol. The minimum absolute atomic E-state index is 0.0441. The lowest BCUT2D eigenvalue weighted by Gasteiger charge is -2.36. The molecule has 0 aliphatic carbocycles. The predicted octanol–water partition coefficient (Wildman–Crippen LogP) is 5.18. The van der Waals surface area contributed by atoms with E-state index in [2.05, 4.69) is 17.4 Å². The molecule has 1 aromatic heterocycles. The van der Waals surface area contributed by atoms with Crippen LogP contribution in [0.2, 0.25) is 0 Å². The number of nitrogens with one attached hydrogen (secondary N) is 1. The topological polar surface area (TPSA) is 127 Å². The van der Waals surface area contributed by atoms with Gasteiger partial charge in [0, 0.05) is 35.3 Å². The van der Waals surface area contributed by atoms with Crippen molar-refractivity contribution >= 4 is 46.7 Å². The van der Waals surface area contributed by atoms with Crippen molar-refractivity contribution in [3.05, 3.63) is 70.6 Å². The van der Waals surface area contributed by atoms with Crippen LogP contribution >= 0.6 is 18.9 Å². The first-order chi connectivity index (χ1) is 20.9. The molecule has 3 aromatic rings. The van der Waals surface area contributed by atoms with Crippen molar-refractivity contribution in [1.29, 1.82) is 0 Å². The number of rotatable bonds is 6. The fraction of sp³-hybridized carbons (Fsp3) is 0.452. The number of halogens is 2. The van der Waals surface area contributed by atoms with Crippen molar-refractivity contribution < 1.29 is 37.5 Å². The van der Waals surface area contributed by atoms with Gasteiger partial charge in [0.2, 0.25) is 11.8 Å². The Kier molecular flexibility index (Phi) is 8.38. The van der Waals surface area contributed by atoms with Crippen LogP contribution in [0.25, 0.3) is 10.1 Å². The van der Waals surface area contributed by atoms with Crippen molar-refractivity contribution in [1.82, 2.24) is 15.1 Å². The molecule has 3 amide bonds. The quantitative estimate of drug-likeness (QED) is 0.318. The van der Waals surface area contributed by atoms with E-state index in [0.717, 1.165) is 55.6 Å². The monoisotopic (exact) mass is 645 g/mol. The van der Waals surface area contributed by atoms with Gasteiger partial charge in [0.1, 0.15) is 12.1 Å². The highest BCUT2D eigenvalue weighted by molar-refractivity contribution is 7.52. The Balaban J connectivity index is 1.17. The fourth-order valence-corrected chi connectivity index (χ4v) is 8.24. The molecule has 3 fully saturated rings. The molecule has 3 N–H and O–H groups in total. The van der Waals surface area contributed by atoms with Gasteiger partial charge in [-0.25, -0.2) is 0 Å². The maximum absolute atomic E-state index is 14.3. The molecule has 0 bridgehead atoms. The van der Waals surface area contributed by atoms with E-state index in [0.29, 0.717) is 30.6 Å². The zero-order chi connectivity index (χ0) is 31.2. The summed E-state index contributed by atoms with van der Waals surface area (Å²) in [5.74, 6) is -0.607. The number of carbonyl (C=O) groups is 3. The van der Waals surface area contributed by atoms with Crippen LogP contribution < -0.4 is 5.32 Å². The Bertz CT molecular complexity index is 1630. The summed E-state index contributed by atoms with van der Waals surface area (Å²) in [7, 11) is -5.74. The lowest BCUT2D eigenvalue weighted by molar-refractivity contribution is -0.146. The Morgan fingerprint density at radius 1 is 0.977 bits per heavy atom. The van der Waals surface area contributed by atoms with Gasteiger partial charge >= 0.3 is 13.3 Å². The van der Waals surface area contributed by atoms with Gasteiger partial charge < -0.3 is 24.9 Å². The van der Waals surface area contributed by atoms with E-state index in [4.69, 9.17) is 9.79 Å². The largest absolute Gasteiger partial charge is 0.399 e. The van der Waals surface area contributed by atoms with E-state index < -0.39 is 36.8 Å². The maximum Gasteiger partial charge on any atom is 0.399 e. The molecule has 13 heteroatoms. The van der Waals surface area contributed by atoms with Crippen LogP contribution in [0, 0.1) is 0 Å². The first kappa shape index (κ1) is 30.8. The number of carbonyl (C=O) groups excluding carboxylic acids is 3. The zero-order valence-electron chi connectivity index (χ0n) is 23.9. The van der Waals surface area contributed by atoms with Crippen molar-refractivity contribution in [2.75, 3.05) is 13.1 Å². The Morgan fingerprint density at radius 3 is 2.48 bits per heavy atom. The molecule has 4 atom stereocenters. The lowest BCUT2D eigenvalue weighted by Crippen LogP contribution is -2.56. The second kappa shape index (κ2) is 12.0. The Hall–Kier alpha value is -3.18. The highest BCUT2D eigenvalue weighted by Gasteiger charge is 2.50. The molecule has 44 heavy (non-hydrogen) atoms. The van der Waals surface area contributed by atoms with Crippen molar-refractivity contribution in [3.63, 3.8) is 0 Å². The number of hydrogen-bond acceptors (Lipinski definition) is 5. The summed E-state index contributed by atoms with van der Waals surface area (Å²) in [5, 5.41) is 3.07. The molecule has 234 valence electrons. The van der Waals surface area contributed by atoms with Gasteiger partial charge in [-0.3, -0.25) is 18.9 Å². The highest BCUT2D eigenvalue weighted by Crippen LogP contribution is 2.59. The minimum atomic E-state index is -5.74. The third kappa shape index (κ3) is 5.80. The molecular weight excluding hydrogens is 611 g/mol. The van der Waals surface area contributed by atoms with Crippen LogP contribution in [-0.4, -0.2) is 68.5 Å². The second-order valence-electron chi connectivity index (χ2n) is 11.9. The number of likely N-dealkylation sites (tertiary alicyclic amines) is 1. The molecule has 0 saturated carbocycles. The summed E-state index contributed by atoms with van der Waals surface area (Å²) in [6.07, 6.45) is 5.00. The van der Waals surface area contributed by atoms with E-state index in [1.54, 1.807) is 4.90 Å². The fourth-order valence-electron chi connectivity index (χ4n) is 6.82. The van der Waals surface area contributed by atoms with E-state index in [1.165, 1.54) is 17.7 Å². The van der Waals surface area contributed by atoms with Crippen LogP contribution in [0.4, 0.5) is 8.78 Å². The predicted molar refractivity (Wildman–Crippen MR) is 162 cm³/mol. The molecule has 3 aliphatic heterocycles. The van der Waals surface area contributed by atoms with Crippen LogP contribution in [0.5, 0.6) is 0 Å². The van der Waals surface area contributed by atoms with Gasteiger partial charge in [-0.15, -0.1) is 11.3 Å². The van der Waals surface area contributed by atoms with Gasteiger partial charge in [0.25, 0.3) is 5.91 Å². The van der Waals surface area contributed by atoms with Crippen LogP contribution in [0.3, 0.4) is 0 Å². The summed E-state index contributed by atoms with van der Waals surface area (Å²) in [6, 6.07) is 13.2. The van der Waals surface area contributed by atoms with Gasteiger partial charge in [0.15, 0.2) is 0 Å². The summed E-state index contributed by atoms with van der Waals surface area (Å²) in [4.78, 5) is 63.0. The van der Waals surface area contributed by atoms with E-state index in [9.17, 15) is 27.7 Å². The number of benzene rings is 2. The van der Waals surface area contributed by atoms with E-state index in [1.807, 2.05) is 23.1 Å². The molecule has 6 rings (SSSR count). The molecule has 0 radical (unpaired) electrons. The Labute approximate surface area is 257 Å². The van der Waals surface area contributed by atoms with E-state index >= 15 is 0 Å². The van der Waals surface area contributed by atoms with E-state index in [-0.39, 0.29) is 34.0 Å². The average Bonchev–Trinajstić information content (AvgIpc) is 3.75. The van der Waals surface area contributed by atoms with Crippen molar-refractivity contribution in [2.24, 2.45) is 0 Å². The summed E-state index contributed by atoms with van der Waals surface area (Å²) >= 11 is 1.03. The third-order valence-electron chi connectivity index (χ3n) is 9.15. The highest BCUT2D eigenvalue weighted by atomic mass is 32.1. The van der Waals surface area contributed by atoms with Crippen molar-refractivity contribution in [3.8, 4) is 0 Å². The number of hydrogen-bond donors (Lipinski definition) is 3. The van der Waals surface area contributed by atoms with Gasteiger partial charge in [-0.2, -0.15) is 8.78 Å². The number of alkyl halides is 2.